The van der Waals surface area contributed by atoms with Gasteiger partial charge in [0.15, 0.2) is 37.2 Å². The topological polar surface area (TPSA) is 64.2 Å². The number of halogens is 1. The first-order valence-corrected chi connectivity index (χ1v) is 39.9. The molecule has 0 amide bonds. The molecule has 0 saturated carbocycles. The summed E-state index contributed by atoms with van der Waals surface area (Å²) in [5, 5.41) is 23.4. The lowest BCUT2D eigenvalue weighted by Gasteiger charge is -2.21. The van der Waals surface area contributed by atoms with Gasteiger partial charge in [-0.05, 0) is 59.3 Å². The summed E-state index contributed by atoms with van der Waals surface area (Å²) in [6.07, 6.45) is 90.8. The van der Waals surface area contributed by atoms with Crippen LogP contribution in [0.2, 0.25) is 0 Å². The number of hydroxylamine groups is 4. The molecule has 0 N–H and O–H groups in total. The zero-order valence-electron chi connectivity index (χ0n) is 62.2. The average Bonchev–Trinajstić information content (AvgIpc) is 3.63. The molecule has 3 aromatic heterocycles. The summed E-state index contributed by atoms with van der Waals surface area (Å²) in [6.45, 7) is 16.3. The van der Waals surface area contributed by atoms with E-state index >= 15 is 0 Å². The molecular formula is C83H158ClN5O2. The van der Waals surface area contributed by atoms with E-state index in [9.17, 15) is 10.4 Å². The minimum Gasteiger partial charge on any atom is -1.00 e. The summed E-state index contributed by atoms with van der Waals surface area (Å²) >= 11 is 0. The van der Waals surface area contributed by atoms with Gasteiger partial charge in [-0.15, -0.1) is 0 Å². The van der Waals surface area contributed by atoms with Crippen LogP contribution >= 0.6 is 0 Å². The zero-order chi connectivity index (χ0) is 65.6. The van der Waals surface area contributed by atoms with Crippen LogP contribution in [-0.2, 0) is 19.6 Å². The zero-order valence-corrected chi connectivity index (χ0v) is 63.0. The maximum atomic E-state index is 10.7. The van der Waals surface area contributed by atoms with Crippen LogP contribution < -0.4 is 26.1 Å². The van der Waals surface area contributed by atoms with Crippen molar-refractivity contribution in [2.45, 2.75) is 414 Å². The van der Waals surface area contributed by atoms with Gasteiger partial charge in [-0.3, -0.25) is 0 Å². The summed E-state index contributed by atoms with van der Waals surface area (Å²) in [4.78, 5) is 0. The van der Waals surface area contributed by atoms with Gasteiger partial charge in [0.2, 0.25) is 0 Å². The van der Waals surface area contributed by atoms with Crippen LogP contribution in [0.3, 0.4) is 0 Å². The Morgan fingerprint density at radius 1 is 0.198 bits per heavy atom. The van der Waals surface area contributed by atoms with Gasteiger partial charge < -0.3 is 32.9 Å². The van der Waals surface area contributed by atoms with Crippen molar-refractivity contribution in [1.29, 1.82) is 0 Å². The molecule has 0 radical (unpaired) electrons. The standard InChI is InChI=1S/C18H38NO.3C17H30N.C14H30NO.ClH/c1-3-4-5-6-7-8-9-10-11-12-13-14-15-16-17-18-19(2)20;3*1-2-3-4-5-6-7-8-9-10-12-15-18-16-13-11-14-17-18;1-3-4-5-6-7-8-9-10-11-12-13-14-15(2)16;/h3-18H2,1-2H3;3*11,13-14,16-17H,2-10,12,15H2,1H3;3-14H2,1-2H3;1H/q-1;3*+1;-1;/p-1. The van der Waals surface area contributed by atoms with Crippen LogP contribution in [0.5, 0.6) is 0 Å². The van der Waals surface area contributed by atoms with Gasteiger partial charge in [-0.2, -0.15) is 0 Å². The molecule has 0 saturated heterocycles. The van der Waals surface area contributed by atoms with E-state index in [1.165, 1.54) is 366 Å². The van der Waals surface area contributed by atoms with E-state index in [1.54, 1.807) is 14.1 Å². The fourth-order valence-electron chi connectivity index (χ4n) is 11.8. The van der Waals surface area contributed by atoms with Crippen molar-refractivity contribution >= 4 is 0 Å². The van der Waals surface area contributed by atoms with Crippen molar-refractivity contribution in [1.82, 2.24) is 10.1 Å². The highest BCUT2D eigenvalue weighted by atomic mass is 35.5. The second-order valence-electron chi connectivity index (χ2n) is 27.1. The SMILES string of the molecule is CCCCCCCCCCCCCCCCCN(C)[O-].CCCCCCCCCCCCCN(C)[O-].CCCCCCCCCCCC[n+]1ccccc1.CCCCCCCCCCCC[n+]1ccccc1.CCCCCCCCCCCC[n+]1ccccc1.[Cl-]. The molecule has 3 heterocycles. The van der Waals surface area contributed by atoms with Crippen molar-refractivity contribution in [3.05, 3.63) is 102 Å². The van der Waals surface area contributed by atoms with Crippen molar-refractivity contribution in [2.24, 2.45) is 0 Å². The number of rotatable bonds is 61. The largest absolute Gasteiger partial charge is 1.00 e. The number of nitrogens with zero attached hydrogens (tertiary/aromatic N) is 5. The smallest absolute Gasteiger partial charge is 0.168 e. The average molecular weight is 1290 g/mol. The van der Waals surface area contributed by atoms with Gasteiger partial charge in [0.25, 0.3) is 0 Å². The fraction of sp³-hybridized carbons (Fsp3) is 0.819. The number of unbranched alkanes of at least 4 members (excludes halogenated alkanes) is 51. The number of pyridine rings is 3. The lowest BCUT2D eigenvalue weighted by atomic mass is 10.0. The molecule has 3 rings (SSSR count). The second-order valence-corrected chi connectivity index (χ2v) is 27.1. The molecule has 0 fully saturated rings. The van der Waals surface area contributed by atoms with Crippen molar-refractivity contribution < 1.29 is 26.1 Å². The molecule has 0 aliphatic carbocycles. The van der Waals surface area contributed by atoms with Gasteiger partial charge in [-0.25, -0.2) is 13.7 Å². The summed E-state index contributed by atoms with van der Waals surface area (Å²) in [7, 11) is 3.22. The third-order valence-corrected chi connectivity index (χ3v) is 17.8. The van der Waals surface area contributed by atoms with E-state index < -0.39 is 0 Å². The first-order chi connectivity index (χ1) is 44.3. The number of aryl methyl sites for hydroxylation is 3. The molecule has 7 nitrogen and oxygen atoms in total. The molecule has 0 aliphatic heterocycles. The van der Waals surface area contributed by atoms with Crippen molar-refractivity contribution in [3.8, 4) is 0 Å². The highest BCUT2D eigenvalue weighted by Crippen LogP contribution is 2.16. The Labute approximate surface area is 576 Å². The van der Waals surface area contributed by atoms with E-state index in [4.69, 9.17) is 0 Å². The highest BCUT2D eigenvalue weighted by Gasteiger charge is 2.02. The molecule has 0 spiro atoms. The minimum atomic E-state index is 0. The third kappa shape index (κ3) is 83.6. The second kappa shape index (κ2) is 83.7. The van der Waals surface area contributed by atoms with Crippen LogP contribution in [0.4, 0.5) is 0 Å². The van der Waals surface area contributed by atoms with Gasteiger partial charge in [0, 0.05) is 55.7 Å². The van der Waals surface area contributed by atoms with Gasteiger partial charge in [-0.1, -0.05) is 361 Å². The summed E-state index contributed by atoms with van der Waals surface area (Å²) in [5.41, 5.74) is 0. The van der Waals surface area contributed by atoms with E-state index in [0.29, 0.717) is 13.1 Å². The van der Waals surface area contributed by atoms with E-state index in [2.05, 4.69) is 140 Å². The van der Waals surface area contributed by atoms with E-state index in [1.807, 2.05) is 0 Å². The van der Waals surface area contributed by atoms with Crippen molar-refractivity contribution in [3.63, 3.8) is 0 Å². The lowest BCUT2D eigenvalue weighted by Crippen LogP contribution is -3.00. The molecule has 0 aliphatic rings. The third-order valence-electron chi connectivity index (χ3n) is 17.8. The van der Waals surface area contributed by atoms with Crippen LogP contribution in [0.25, 0.3) is 0 Å². The fourth-order valence-corrected chi connectivity index (χ4v) is 11.8. The molecule has 8 heteroatoms. The van der Waals surface area contributed by atoms with Crippen LogP contribution in [0, 0.1) is 10.4 Å². The molecule has 0 unspecified atom stereocenters. The Kier molecular flexibility index (Phi) is 85.3. The quantitative estimate of drug-likeness (QED) is 0.0321. The van der Waals surface area contributed by atoms with E-state index in [0.717, 1.165) is 23.0 Å². The summed E-state index contributed by atoms with van der Waals surface area (Å²) in [6, 6.07) is 18.9. The number of aromatic nitrogens is 3. The first-order valence-electron chi connectivity index (χ1n) is 39.9. The lowest BCUT2D eigenvalue weighted by molar-refractivity contribution is -0.697. The molecule has 0 aromatic carbocycles. The maximum absolute atomic E-state index is 10.7. The monoisotopic (exact) mass is 1290 g/mol. The maximum Gasteiger partial charge on any atom is 0.168 e. The summed E-state index contributed by atoms with van der Waals surface area (Å²) < 4.78 is 6.85. The predicted molar refractivity (Wildman–Crippen MR) is 399 cm³/mol. The highest BCUT2D eigenvalue weighted by molar-refractivity contribution is 4.85. The predicted octanol–water partition coefficient (Wildman–Crippen LogP) is 22.7. The number of hydrogen-bond donors (Lipinski definition) is 0. The summed E-state index contributed by atoms with van der Waals surface area (Å²) in [5.74, 6) is 0. The first kappa shape index (κ1) is 92.8. The van der Waals surface area contributed by atoms with Crippen LogP contribution in [0.15, 0.2) is 91.8 Å². The van der Waals surface area contributed by atoms with Gasteiger partial charge in [0.05, 0.1) is 0 Å². The molecule has 91 heavy (non-hydrogen) atoms. The van der Waals surface area contributed by atoms with Gasteiger partial charge >= 0.3 is 0 Å². The van der Waals surface area contributed by atoms with Crippen LogP contribution in [-0.4, -0.2) is 37.3 Å². The minimum absolute atomic E-state index is 0. The Balaban J connectivity index is -0.00000106. The van der Waals surface area contributed by atoms with Crippen LogP contribution in [0.1, 0.15) is 394 Å². The Hall–Kier alpha value is -2.42. The molecule has 3 aromatic rings. The Bertz CT molecular complexity index is 1530. The van der Waals surface area contributed by atoms with E-state index in [-0.39, 0.29) is 12.4 Å². The molecule has 0 bridgehead atoms. The molecule has 0 atom stereocenters. The van der Waals surface area contributed by atoms with Gasteiger partial charge in [0.1, 0.15) is 19.6 Å². The Morgan fingerprint density at radius 3 is 0.473 bits per heavy atom. The van der Waals surface area contributed by atoms with Crippen molar-refractivity contribution in [2.75, 3.05) is 27.2 Å². The normalized spacial score (nSPS) is 10.8. The molecule has 534 valence electrons. The number of hydrogen-bond acceptors (Lipinski definition) is 4. The Morgan fingerprint density at radius 2 is 0.330 bits per heavy atom. The molecular weight excluding hydrogens is 1130 g/mol.